The van der Waals surface area contributed by atoms with Gasteiger partial charge in [-0.05, 0) is 42.5 Å². The predicted octanol–water partition coefficient (Wildman–Crippen LogP) is 4.73. The van der Waals surface area contributed by atoms with Crippen LogP contribution in [0.25, 0.3) is 0 Å². The average Bonchev–Trinajstić information content (AvgIpc) is 3.18. The molecule has 0 fully saturated rings. The van der Waals surface area contributed by atoms with Crippen molar-refractivity contribution in [2.45, 2.75) is 19.0 Å². The molecule has 4 rings (SSSR count). The smallest absolute Gasteiger partial charge is 0.258 e. The average molecular weight is 348 g/mol. The van der Waals surface area contributed by atoms with E-state index in [-0.39, 0.29) is 5.91 Å². The topological polar surface area (TPSA) is 32.3 Å². The van der Waals surface area contributed by atoms with Crippen molar-refractivity contribution in [1.29, 1.82) is 0 Å². The maximum absolute atomic E-state index is 13.2. The quantitative estimate of drug-likeness (QED) is 0.739. The molecule has 1 unspecified atom stereocenters. The molecule has 1 aliphatic rings. The van der Waals surface area contributed by atoms with Crippen molar-refractivity contribution < 1.29 is 4.79 Å². The van der Waals surface area contributed by atoms with Crippen molar-refractivity contribution in [2.75, 3.05) is 11.9 Å². The molecule has 25 heavy (non-hydrogen) atoms. The van der Waals surface area contributed by atoms with E-state index in [0.29, 0.717) is 6.54 Å². The zero-order valence-corrected chi connectivity index (χ0v) is 14.9. The van der Waals surface area contributed by atoms with E-state index in [4.69, 9.17) is 0 Å². The molecule has 0 saturated carbocycles. The number of carbonyl (C=O) groups is 1. The van der Waals surface area contributed by atoms with Gasteiger partial charge in [0.15, 0.2) is 0 Å². The Balaban J connectivity index is 1.71. The zero-order chi connectivity index (χ0) is 17.3. The summed E-state index contributed by atoms with van der Waals surface area (Å²) < 4.78 is 0. The molecule has 0 bridgehead atoms. The molecule has 126 valence electrons. The lowest BCUT2D eigenvalue weighted by Crippen LogP contribution is -2.56. The summed E-state index contributed by atoms with van der Waals surface area (Å²) in [5, 5.41) is 5.67. The van der Waals surface area contributed by atoms with Gasteiger partial charge >= 0.3 is 0 Å². The normalized spacial score (nSPS) is 19.4. The summed E-state index contributed by atoms with van der Waals surface area (Å²) in [6, 6.07) is 22.2. The minimum absolute atomic E-state index is 0.0844. The Morgan fingerprint density at radius 1 is 1.00 bits per heavy atom. The molecule has 0 aliphatic carbocycles. The molecule has 3 aromatic rings. The summed E-state index contributed by atoms with van der Waals surface area (Å²) in [4.78, 5) is 16.3. The number of hydrogen-bond acceptors (Lipinski definition) is 3. The molecule has 4 heteroatoms. The Kier molecular flexibility index (Phi) is 4.06. The van der Waals surface area contributed by atoms with Gasteiger partial charge in [0, 0.05) is 12.2 Å². The first-order valence-electron chi connectivity index (χ1n) is 8.45. The molecular weight excluding hydrogens is 328 g/mol. The third kappa shape index (κ3) is 2.83. The summed E-state index contributed by atoms with van der Waals surface area (Å²) >= 11 is 1.67. The highest BCUT2D eigenvalue weighted by Gasteiger charge is 2.42. The van der Waals surface area contributed by atoms with E-state index in [1.54, 1.807) is 11.3 Å². The molecule has 2 aromatic carbocycles. The number of nitrogens with zero attached hydrogens (tertiary/aromatic N) is 1. The van der Waals surface area contributed by atoms with E-state index in [1.807, 2.05) is 53.4 Å². The molecule has 1 amide bonds. The number of thiophene rings is 1. The van der Waals surface area contributed by atoms with Gasteiger partial charge in [-0.15, -0.1) is 11.3 Å². The van der Waals surface area contributed by atoms with Crippen molar-refractivity contribution in [3.8, 4) is 0 Å². The van der Waals surface area contributed by atoms with Gasteiger partial charge in [0.05, 0.1) is 10.4 Å². The van der Waals surface area contributed by atoms with Crippen LogP contribution in [-0.4, -0.2) is 17.4 Å². The zero-order valence-electron chi connectivity index (χ0n) is 14.1. The summed E-state index contributed by atoms with van der Waals surface area (Å²) in [7, 11) is 0. The monoisotopic (exact) mass is 348 g/mol. The Morgan fingerprint density at radius 2 is 1.76 bits per heavy atom. The second kappa shape index (κ2) is 6.37. The number of amides is 1. The van der Waals surface area contributed by atoms with Gasteiger partial charge < -0.3 is 10.2 Å². The highest BCUT2D eigenvalue weighted by Crippen LogP contribution is 2.39. The number of benzene rings is 2. The standard InChI is InChI=1S/C21H20N2OS/c1-21(19-12-7-15-25-19)22-18-11-6-5-10-17(18)20(24)23(21)14-13-16-8-3-2-4-9-16/h2-12,15,22H,13-14H2,1H3. The van der Waals surface area contributed by atoms with Gasteiger partial charge in [-0.1, -0.05) is 48.5 Å². The first-order chi connectivity index (χ1) is 12.2. The molecular formula is C21H20N2OS. The summed E-state index contributed by atoms with van der Waals surface area (Å²) in [5.74, 6) is 0.0844. The number of anilines is 1. The fourth-order valence-electron chi connectivity index (χ4n) is 3.42. The third-order valence-corrected chi connectivity index (χ3v) is 5.87. The summed E-state index contributed by atoms with van der Waals surface area (Å²) in [6.07, 6.45) is 0.831. The van der Waals surface area contributed by atoms with E-state index >= 15 is 0 Å². The molecule has 1 aliphatic heterocycles. The van der Waals surface area contributed by atoms with Gasteiger partial charge in [-0.25, -0.2) is 0 Å². The Morgan fingerprint density at radius 3 is 2.52 bits per heavy atom. The first-order valence-corrected chi connectivity index (χ1v) is 9.33. The van der Waals surface area contributed by atoms with Crippen LogP contribution in [0.15, 0.2) is 72.1 Å². The lowest BCUT2D eigenvalue weighted by molar-refractivity contribution is 0.0546. The second-order valence-corrected chi connectivity index (χ2v) is 7.36. The van der Waals surface area contributed by atoms with E-state index in [1.165, 1.54) is 5.56 Å². The molecule has 3 nitrogen and oxygen atoms in total. The van der Waals surface area contributed by atoms with Crippen molar-refractivity contribution in [2.24, 2.45) is 0 Å². The van der Waals surface area contributed by atoms with Crippen LogP contribution in [0, 0.1) is 0 Å². The molecule has 1 N–H and O–H groups in total. The number of fused-ring (bicyclic) bond motifs is 1. The highest BCUT2D eigenvalue weighted by atomic mass is 32.1. The molecule has 2 heterocycles. The van der Waals surface area contributed by atoms with Crippen molar-refractivity contribution in [3.05, 3.63) is 88.1 Å². The fourth-order valence-corrected chi connectivity index (χ4v) is 4.27. The minimum atomic E-state index is -0.533. The first kappa shape index (κ1) is 15.9. The van der Waals surface area contributed by atoms with E-state index in [9.17, 15) is 4.79 Å². The Bertz CT molecular complexity index is 876. The molecule has 1 atom stereocenters. The lowest BCUT2D eigenvalue weighted by atomic mass is 9.98. The molecule has 0 radical (unpaired) electrons. The maximum atomic E-state index is 13.2. The van der Waals surface area contributed by atoms with E-state index in [0.717, 1.165) is 22.5 Å². The van der Waals surface area contributed by atoms with E-state index in [2.05, 4.69) is 35.8 Å². The number of rotatable bonds is 4. The van der Waals surface area contributed by atoms with Gasteiger partial charge in [0.2, 0.25) is 0 Å². The Hall–Kier alpha value is -2.59. The van der Waals surface area contributed by atoms with Crippen LogP contribution < -0.4 is 5.32 Å². The largest absolute Gasteiger partial charge is 0.358 e. The number of carbonyl (C=O) groups excluding carboxylic acids is 1. The molecule has 0 saturated heterocycles. The highest BCUT2D eigenvalue weighted by molar-refractivity contribution is 7.10. The van der Waals surface area contributed by atoms with Crippen molar-refractivity contribution >= 4 is 22.9 Å². The summed E-state index contributed by atoms with van der Waals surface area (Å²) in [6.45, 7) is 2.76. The van der Waals surface area contributed by atoms with Crippen LogP contribution in [0.4, 0.5) is 5.69 Å². The van der Waals surface area contributed by atoms with Crippen LogP contribution in [0.3, 0.4) is 0 Å². The predicted molar refractivity (Wildman–Crippen MR) is 103 cm³/mol. The third-order valence-electron chi connectivity index (χ3n) is 4.79. The lowest BCUT2D eigenvalue weighted by Gasteiger charge is -2.46. The Labute approximate surface area is 151 Å². The number of nitrogens with one attached hydrogen (secondary N) is 1. The van der Waals surface area contributed by atoms with Crippen molar-refractivity contribution in [1.82, 2.24) is 4.90 Å². The number of para-hydroxylation sites is 1. The van der Waals surface area contributed by atoms with Gasteiger partial charge in [0.25, 0.3) is 5.91 Å². The number of hydrogen-bond donors (Lipinski definition) is 1. The minimum Gasteiger partial charge on any atom is -0.358 e. The van der Waals surface area contributed by atoms with Crippen LogP contribution in [-0.2, 0) is 12.1 Å². The van der Waals surface area contributed by atoms with Gasteiger partial charge in [0.1, 0.15) is 5.66 Å². The summed E-state index contributed by atoms with van der Waals surface area (Å²) in [5.41, 5.74) is 2.35. The van der Waals surface area contributed by atoms with Gasteiger partial charge in [-0.3, -0.25) is 4.79 Å². The van der Waals surface area contributed by atoms with Gasteiger partial charge in [-0.2, -0.15) is 0 Å². The van der Waals surface area contributed by atoms with E-state index < -0.39 is 5.66 Å². The molecule has 0 spiro atoms. The SMILES string of the molecule is CC1(c2cccs2)Nc2ccccc2C(=O)N1CCc1ccccc1. The van der Waals surface area contributed by atoms with Crippen LogP contribution in [0.5, 0.6) is 0 Å². The van der Waals surface area contributed by atoms with Crippen molar-refractivity contribution in [3.63, 3.8) is 0 Å². The molecule has 1 aromatic heterocycles. The maximum Gasteiger partial charge on any atom is 0.258 e. The fraction of sp³-hybridized carbons (Fsp3) is 0.190. The van der Waals surface area contributed by atoms with Crippen LogP contribution in [0.2, 0.25) is 0 Å². The van der Waals surface area contributed by atoms with Crippen LogP contribution >= 0.6 is 11.3 Å². The van der Waals surface area contributed by atoms with Crippen LogP contribution in [0.1, 0.15) is 27.7 Å². The second-order valence-electron chi connectivity index (χ2n) is 6.41.